The van der Waals surface area contributed by atoms with Gasteiger partial charge in [-0.05, 0) is 48.6 Å². The van der Waals surface area contributed by atoms with Crippen LogP contribution < -0.4 is 15.4 Å². The standard InChI is InChI=1S/C32H46ClN3O2S.BrH/c1-3-4-5-6-7-8-9-10-11-12-13-14-20-38-31-22-29(18-19-30(31)33)35-32(37)34-28-17-15-16-27(21-28)23-36-25-39-24-26(36)2;/h15-19,21-22,24H,3-14,20,23,25H2,1-2H3,(H2,34,35,37);1H. The van der Waals surface area contributed by atoms with Crippen molar-refractivity contribution in [2.75, 3.05) is 23.1 Å². The predicted molar refractivity (Wildman–Crippen MR) is 179 cm³/mol. The van der Waals surface area contributed by atoms with E-state index in [2.05, 4.69) is 40.9 Å². The van der Waals surface area contributed by atoms with Crippen molar-refractivity contribution in [3.8, 4) is 5.75 Å². The van der Waals surface area contributed by atoms with Crippen LogP contribution in [0.3, 0.4) is 0 Å². The van der Waals surface area contributed by atoms with Crippen molar-refractivity contribution in [3.05, 3.63) is 64.2 Å². The lowest BCUT2D eigenvalue weighted by Crippen LogP contribution is -2.20. The molecule has 2 aromatic carbocycles. The van der Waals surface area contributed by atoms with Crippen LogP contribution in [0.5, 0.6) is 5.75 Å². The third-order valence-corrected chi connectivity index (χ3v) is 8.27. The molecule has 2 amide bonds. The lowest BCUT2D eigenvalue weighted by molar-refractivity contribution is 0.262. The molecule has 2 N–H and O–H groups in total. The van der Waals surface area contributed by atoms with E-state index in [1.54, 1.807) is 30.0 Å². The van der Waals surface area contributed by atoms with Gasteiger partial charge in [0.1, 0.15) is 5.75 Å². The fourth-order valence-corrected chi connectivity index (χ4v) is 5.78. The van der Waals surface area contributed by atoms with Crippen LogP contribution in [0.15, 0.2) is 53.6 Å². The molecule has 8 heteroatoms. The van der Waals surface area contributed by atoms with Crippen molar-refractivity contribution < 1.29 is 9.53 Å². The van der Waals surface area contributed by atoms with Crippen molar-refractivity contribution >= 4 is 57.8 Å². The minimum Gasteiger partial charge on any atom is -0.492 e. The van der Waals surface area contributed by atoms with Gasteiger partial charge in [-0.2, -0.15) is 0 Å². The zero-order valence-corrected chi connectivity index (χ0v) is 27.5. The Morgan fingerprint density at radius 1 is 0.900 bits per heavy atom. The summed E-state index contributed by atoms with van der Waals surface area (Å²) in [6.07, 6.45) is 15.7. The van der Waals surface area contributed by atoms with E-state index < -0.39 is 0 Å². The number of urea groups is 1. The highest BCUT2D eigenvalue weighted by Crippen LogP contribution is 2.29. The van der Waals surface area contributed by atoms with Crippen molar-refractivity contribution in [1.82, 2.24) is 4.90 Å². The van der Waals surface area contributed by atoms with Gasteiger partial charge in [0.05, 0.1) is 17.5 Å². The first-order valence-corrected chi connectivity index (χ1v) is 16.1. The van der Waals surface area contributed by atoms with Crippen molar-refractivity contribution in [1.29, 1.82) is 0 Å². The summed E-state index contributed by atoms with van der Waals surface area (Å²) in [5.41, 5.74) is 3.84. The number of hydrogen-bond donors (Lipinski definition) is 2. The summed E-state index contributed by atoms with van der Waals surface area (Å²) in [4.78, 5) is 15.0. The summed E-state index contributed by atoms with van der Waals surface area (Å²) in [5.74, 6) is 1.57. The van der Waals surface area contributed by atoms with Gasteiger partial charge in [-0.15, -0.1) is 28.7 Å². The van der Waals surface area contributed by atoms with Gasteiger partial charge in [0.15, 0.2) is 0 Å². The summed E-state index contributed by atoms with van der Waals surface area (Å²) >= 11 is 8.15. The summed E-state index contributed by atoms with van der Waals surface area (Å²) in [5, 5.41) is 8.56. The Bertz CT molecular complexity index is 1050. The molecule has 1 aliphatic rings. The van der Waals surface area contributed by atoms with Gasteiger partial charge in [-0.1, -0.05) is 101 Å². The Morgan fingerprint density at radius 2 is 1.52 bits per heavy atom. The molecule has 0 bridgehead atoms. The van der Waals surface area contributed by atoms with Gasteiger partial charge in [-0.3, -0.25) is 0 Å². The second-order valence-corrected chi connectivity index (χ2v) is 11.6. The van der Waals surface area contributed by atoms with E-state index in [0.29, 0.717) is 23.1 Å². The molecule has 1 heterocycles. The molecule has 0 aliphatic carbocycles. The highest BCUT2D eigenvalue weighted by atomic mass is 79.9. The van der Waals surface area contributed by atoms with E-state index in [1.165, 1.54) is 76.3 Å². The van der Waals surface area contributed by atoms with E-state index in [4.69, 9.17) is 16.3 Å². The molecular formula is C32H47BrClN3O2S. The van der Waals surface area contributed by atoms with Crippen molar-refractivity contribution in [2.45, 2.75) is 97.4 Å². The third kappa shape index (κ3) is 13.2. The molecule has 1 aliphatic heterocycles. The first-order chi connectivity index (χ1) is 19.0. The van der Waals surface area contributed by atoms with E-state index in [-0.39, 0.29) is 23.0 Å². The molecule has 0 saturated carbocycles. The third-order valence-electron chi connectivity index (χ3n) is 6.99. The predicted octanol–water partition coefficient (Wildman–Crippen LogP) is 11.0. The van der Waals surface area contributed by atoms with Gasteiger partial charge in [0.2, 0.25) is 0 Å². The Labute approximate surface area is 261 Å². The Kier molecular flexibility index (Phi) is 17.3. The molecule has 5 nitrogen and oxygen atoms in total. The zero-order chi connectivity index (χ0) is 27.7. The summed E-state index contributed by atoms with van der Waals surface area (Å²) < 4.78 is 5.94. The molecule has 222 valence electrons. The van der Waals surface area contributed by atoms with E-state index in [0.717, 1.165) is 30.1 Å². The maximum Gasteiger partial charge on any atom is 0.323 e. The van der Waals surface area contributed by atoms with Crippen LogP contribution in [0.1, 0.15) is 96.5 Å². The van der Waals surface area contributed by atoms with Crippen molar-refractivity contribution in [3.63, 3.8) is 0 Å². The van der Waals surface area contributed by atoms with Gasteiger partial charge in [-0.25, -0.2) is 4.79 Å². The smallest absolute Gasteiger partial charge is 0.323 e. The van der Waals surface area contributed by atoms with E-state index >= 15 is 0 Å². The van der Waals surface area contributed by atoms with E-state index in [9.17, 15) is 4.79 Å². The van der Waals surface area contributed by atoms with Crippen LogP contribution in [-0.2, 0) is 6.54 Å². The maximum atomic E-state index is 12.7. The number of halogens is 2. The van der Waals surface area contributed by atoms with Crippen LogP contribution >= 0.6 is 40.3 Å². The van der Waals surface area contributed by atoms with Gasteiger partial charge >= 0.3 is 6.03 Å². The maximum absolute atomic E-state index is 12.7. The molecule has 0 fully saturated rings. The minimum absolute atomic E-state index is 0. The molecule has 0 spiro atoms. The number of carbonyl (C=O) groups excluding carboxylic acids is 1. The number of benzene rings is 2. The molecule has 0 saturated heterocycles. The Balaban J connectivity index is 0.00000560. The number of unbranched alkanes of at least 4 members (excludes halogenated alkanes) is 11. The topological polar surface area (TPSA) is 53.6 Å². The number of hydrogen-bond acceptors (Lipinski definition) is 4. The van der Waals surface area contributed by atoms with Crippen LogP contribution in [0.2, 0.25) is 5.02 Å². The minimum atomic E-state index is -0.297. The number of allylic oxidation sites excluding steroid dienone is 1. The van der Waals surface area contributed by atoms with Gasteiger partial charge in [0, 0.05) is 29.7 Å². The number of nitrogens with one attached hydrogen (secondary N) is 2. The monoisotopic (exact) mass is 651 g/mol. The first kappa shape index (κ1) is 34.4. The average molecular weight is 653 g/mol. The second-order valence-electron chi connectivity index (χ2n) is 10.4. The number of anilines is 2. The highest BCUT2D eigenvalue weighted by molar-refractivity contribution is 8.93. The molecule has 3 rings (SSSR count). The Morgan fingerprint density at radius 3 is 2.15 bits per heavy atom. The molecule has 40 heavy (non-hydrogen) atoms. The number of carbonyl (C=O) groups is 1. The largest absolute Gasteiger partial charge is 0.492 e. The summed E-state index contributed by atoms with van der Waals surface area (Å²) in [7, 11) is 0. The molecule has 0 unspecified atom stereocenters. The second kappa shape index (κ2) is 20.1. The first-order valence-electron chi connectivity index (χ1n) is 14.7. The zero-order valence-electron chi connectivity index (χ0n) is 24.2. The lowest BCUT2D eigenvalue weighted by atomic mass is 10.1. The van der Waals surface area contributed by atoms with Gasteiger partial charge in [0.25, 0.3) is 0 Å². The molecule has 0 aromatic heterocycles. The van der Waals surface area contributed by atoms with Crippen molar-refractivity contribution in [2.24, 2.45) is 0 Å². The molecule has 0 radical (unpaired) electrons. The van der Waals surface area contributed by atoms with E-state index in [1.807, 2.05) is 18.2 Å². The number of thioether (sulfide) groups is 1. The highest BCUT2D eigenvalue weighted by Gasteiger charge is 2.12. The Hall–Kier alpha value is -1.83. The lowest BCUT2D eigenvalue weighted by Gasteiger charge is -2.19. The fourth-order valence-electron chi connectivity index (χ4n) is 4.67. The fraction of sp³-hybridized carbons (Fsp3) is 0.531. The molecule has 2 aromatic rings. The van der Waals surface area contributed by atoms with Crippen LogP contribution in [0, 0.1) is 0 Å². The SMILES string of the molecule is Br.CCCCCCCCCCCCCCOc1cc(NC(=O)Nc2cccc(CN3CSC=C3C)c2)ccc1Cl. The number of ether oxygens (including phenoxy) is 1. The van der Waals surface area contributed by atoms with Crippen LogP contribution in [0.4, 0.5) is 16.2 Å². The number of amides is 2. The summed E-state index contributed by atoms with van der Waals surface area (Å²) in [6, 6.07) is 13.0. The number of rotatable bonds is 18. The van der Waals surface area contributed by atoms with Crippen LogP contribution in [0.25, 0.3) is 0 Å². The molecular weight excluding hydrogens is 606 g/mol. The molecule has 0 atom stereocenters. The average Bonchev–Trinajstić information content (AvgIpc) is 3.32. The normalized spacial score (nSPS) is 12.6. The summed E-state index contributed by atoms with van der Waals surface area (Å²) in [6.45, 7) is 5.84. The van der Waals surface area contributed by atoms with Gasteiger partial charge < -0.3 is 20.3 Å². The van der Waals surface area contributed by atoms with Crippen LogP contribution in [-0.4, -0.2) is 23.4 Å². The number of nitrogens with zero attached hydrogens (tertiary/aromatic N) is 1. The quantitative estimate of drug-likeness (QED) is 0.157.